The molecule has 0 aliphatic rings. The first kappa shape index (κ1) is 13.1. The van der Waals surface area contributed by atoms with Gasteiger partial charge >= 0.3 is 0 Å². The number of nitrogens with two attached hydrogens (primary N) is 1. The number of benzene rings is 2. The zero-order chi connectivity index (χ0) is 13.1. The van der Waals surface area contributed by atoms with E-state index < -0.39 is 0 Å². The maximum atomic E-state index is 12.0. The standard InChI is InChI=1S/C13H10Br2N2O/c14-9-6-5-8(7-11(9)16)13(18)17-12-4-2-1-3-10(12)15/h1-7H,16H2,(H,17,18). The van der Waals surface area contributed by atoms with E-state index in [0.29, 0.717) is 11.3 Å². The minimum absolute atomic E-state index is 0.193. The minimum Gasteiger partial charge on any atom is -0.398 e. The van der Waals surface area contributed by atoms with Gasteiger partial charge in [0.15, 0.2) is 0 Å². The topological polar surface area (TPSA) is 55.1 Å². The Labute approximate surface area is 122 Å². The summed E-state index contributed by atoms with van der Waals surface area (Å²) in [4.78, 5) is 12.0. The van der Waals surface area contributed by atoms with Crippen LogP contribution in [-0.4, -0.2) is 5.91 Å². The Morgan fingerprint density at radius 3 is 2.44 bits per heavy atom. The first-order valence-corrected chi connectivity index (χ1v) is 6.77. The van der Waals surface area contributed by atoms with E-state index in [1.54, 1.807) is 18.2 Å². The Hall–Kier alpha value is -1.33. The molecule has 0 aromatic heterocycles. The molecule has 0 fully saturated rings. The van der Waals surface area contributed by atoms with Crippen LogP contribution in [0.1, 0.15) is 10.4 Å². The van der Waals surface area contributed by atoms with Crippen molar-refractivity contribution in [2.45, 2.75) is 0 Å². The van der Waals surface area contributed by atoms with Crippen LogP contribution >= 0.6 is 31.9 Å². The summed E-state index contributed by atoms with van der Waals surface area (Å²) in [6.07, 6.45) is 0. The van der Waals surface area contributed by atoms with Crippen molar-refractivity contribution in [3.05, 3.63) is 57.0 Å². The largest absolute Gasteiger partial charge is 0.398 e. The molecule has 0 unspecified atom stereocenters. The normalized spacial score (nSPS) is 10.1. The van der Waals surface area contributed by atoms with Crippen LogP contribution in [0.15, 0.2) is 51.4 Å². The average Bonchev–Trinajstić information content (AvgIpc) is 2.35. The van der Waals surface area contributed by atoms with Gasteiger partial charge in [0.05, 0.1) is 5.69 Å². The van der Waals surface area contributed by atoms with Crippen molar-refractivity contribution >= 4 is 49.1 Å². The molecule has 3 nitrogen and oxygen atoms in total. The second kappa shape index (κ2) is 5.54. The van der Waals surface area contributed by atoms with E-state index in [9.17, 15) is 4.79 Å². The van der Waals surface area contributed by atoms with E-state index in [1.807, 2.05) is 24.3 Å². The zero-order valence-corrected chi connectivity index (χ0v) is 12.5. The van der Waals surface area contributed by atoms with Crippen LogP contribution in [0.5, 0.6) is 0 Å². The van der Waals surface area contributed by atoms with E-state index in [1.165, 1.54) is 0 Å². The summed E-state index contributed by atoms with van der Waals surface area (Å²) in [5.74, 6) is -0.193. The van der Waals surface area contributed by atoms with E-state index in [2.05, 4.69) is 37.2 Å². The molecule has 1 amide bonds. The third-order valence-electron chi connectivity index (χ3n) is 2.38. The van der Waals surface area contributed by atoms with E-state index >= 15 is 0 Å². The monoisotopic (exact) mass is 368 g/mol. The number of hydrogen-bond donors (Lipinski definition) is 2. The maximum Gasteiger partial charge on any atom is 0.255 e. The lowest BCUT2D eigenvalue weighted by Gasteiger charge is -2.08. The zero-order valence-electron chi connectivity index (χ0n) is 9.28. The van der Waals surface area contributed by atoms with Gasteiger partial charge in [-0.1, -0.05) is 12.1 Å². The Kier molecular flexibility index (Phi) is 4.04. The van der Waals surface area contributed by atoms with Crippen molar-refractivity contribution in [1.29, 1.82) is 0 Å². The summed E-state index contributed by atoms with van der Waals surface area (Å²) in [5.41, 5.74) is 7.53. The Morgan fingerprint density at radius 2 is 1.78 bits per heavy atom. The van der Waals surface area contributed by atoms with E-state index in [0.717, 1.165) is 14.6 Å². The van der Waals surface area contributed by atoms with Crippen LogP contribution in [0.25, 0.3) is 0 Å². The highest BCUT2D eigenvalue weighted by Gasteiger charge is 2.09. The molecule has 0 saturated carbocycles. The highest BCUT2D eigenvalue weighted by atomic mass is 79.9. The van der Waals surface area contributed by atoms with Gasteiger partial charge in [0, 0.05) is 20.2 Å². The van der Waals surface area contributed by atoms with Crippen molar-refractivity contribution < 1.29 is 4.79 Å². The molecular weight excluding hydrogens is 360 g/mol. The highest BCUT2D eigenvalue weighted by Crippen LogP contribution is 2.24. The van der Waals surface area contributed by atoms with Crippen molar-refractivity contribution in [2.75, 3.05) is 11.1 Å². The number of anilines is 2. The number of hydrogen-bond acceptors (Lipinski definition) is 2. The van der Waals surface area contributed by atoms with Gasteiger partial charge in [-0.15, -0.1) is 0 Å². The van der Waals surface area contributed by atoms with Gasteiger partial charge < -0.3 is 11.1 Å². The predicted molar refractivity (Wildman–Crippen MR) is 80.6 cm³/mol. The van der Waals surface area contributed by atoms with Gasteiger partial charge in [0.1, 0.15) is 0 Å². The van der Waals surface area contributed by atoms with Crippen molar-refractivity contribution in [2.24, 2.45) is 0 Å². The van der Waals surface area contributed by atoms with Crippen LogP contribution in [0.4, 0.5) is 11.4 Å². The molecule has 5 heteroatoms. The summed E-state index contributed by atoms with van der Waals surface area (Å²) in [5, 5.41) is 2.82. The van der Waals surface area contributed by atoms with Gasteiger partial charge in [0.25, 0.3) is 5.91 Å². The summed E-state index contributed by atoms with van der Waals surface area (Å²) in [7, 11) is 0. The number of carbonyl (C=O) groups is 1. The number of para-hydroxylation sites is 1. The lowest BCUT2D eigenvalue weighted by atomic mass is 10.2. The van der Waals surface area contributed by atoms with Gasteiger partial charge in [-0.25, -0.2) is 0 Å². The van der Waals surface area contributed by atoms with Gasteiger partial charge in [-0.3, -0.25) is 4.79 Å². The van der Waals surface area contributed by atoms with Crippen molar-refractivity contribution in [3.8, 4) is 0 Å². The Morgan fingerprint density at radius 1 is 1.06 bits per heavy atom. The third-order valence-corrected chi connectivity index (χ3v) is 3.79. The molecule has 0 aliphatic heterocycles. The molecule has 0 atom stereocenters. The molecule has 92 valence electrons. The third kappa shape index (κ3) is 2.91. The summed E-state index contributed by atoms with van der Waals surface area (Å²) in [6, 6.07) is 12.5. The van der Waals surface area contributed by atoms with Gasteiger partial charge in [0.2, 0.25) is 0 Å². The number of amides is 1. The average molecular weight is 370 g/mol. The fourth-order valence-corrected chi connectivity index (χ4v) is 2.07. The fourth-order valence-electron chi connectivity index (χ4n) is 1.44. The molecule has 0 bridgehead atoms. The molecule has 0 radical (unpaired) electrons. The van der Waals surface area contributed by atoms with Crippen molar-refractivity contribution in [1.82, 2.24) is 0 Å². The van der Waals surface area contributed by atoms with E-state index in [-0.39, 0.29) is 5.91 Å². The number of halogens is 2. The number of carbonyl (C=O) groups excluding carboxylic acids is 1. The summed E-state index contributed by atoms with van der Waals surface area (Å²) >= 11 is 6.67. The van der Waals surface area contributed by atoms with Gasteiger partial charge in [-0.05, 0) is 62.2 Å². The van der Waals surface area contributed by atoms with E-state index in [4.69, 9.17) is 5.73 Å². The summed E-state index contributed by atoms with van der Waals surface area (Å²) < 4.78 is 1.61. The smallest absolute Gasteiger partial charge is 0.255 e. The van der Waals surface area contributed by atoms with Crippen molar-refractivity contribution in [3.63, 3.8) is 0 Å². The molecule has 18 heavy (non-hydrogen) atoms. The second-order valence-corrected chi connectivity index (χ2v) is 5.38. The van der Waals surface area contributed by atoms with Crippen LogP contribution in [0, 0.1) is 0 Å². The van der Waals surface area contributed by atoms with Crippen LogP contribution < -0.4 is 11.1 Å². The number of rotatable bonds is 2. The molecule has 0 aliphatic carbocycles. The second-order valence-electron chi connectivity index (χ2n) is 3.67. The van der Waals surface area contributed by atoms with Crippen LogP contribution in [-0.2, 0) is 0 Å². The van der Waals surface area contributed by atoms with Crippen LogP contribution in [0.2, 0.25) is 0 Å². The lowest BCUT2D eigenvalue weighted by molar-refractivity contribution is 0.102. The Bertz CT molecular complexity index is 599. The molecule has 2 aromatic carbocycles. The van der Waals surface area contributed by atoms with Crippen LogP contribution in [0.3, 0.4) is 0 Å². The minimum atomic E-state index is -0.193. The summed E-state index contributed by atoms with van der Waals surface area (Å²) in [6.45, 7) is 0. The quantitative estimate of drug-likeness (QED) is 0.784. The first-order valence-electron chi connectivity index (χ1n) is 5.19. The molecule has 0 heterocycles. The SMILES string of the molecule is Nc1cc(C(=O)Nc2ccccc2Br)ccc1Br. The number of nitrogen functional groups attached to an aromatic ring is 1. The van der Waals surface area contributed by atoms with Gasteiger partial charge in [-0.2, -0.15) is 0 Å². The maximum absolute atomic E-state index is 12.0. The predicted octanol–water partition coefficient (Wildman–Crippen LogP) is 4.05. The molecule has 2 aromatic rings. The number of nitrogens with one attached hydrogen (secondary N) is 1. The molecular formula is C13H10Br2N2O. The Balaban J connectivity index is 2.22. The molecule has 2 rings (SSSR count). The molecule has 0 saturated heterocycles. The fraction of sp³-hybridized carbons (Fsp3) is 0. The lowest BCUT2D eigenvalue weighted by Crippen LogP contribution is -2.12. The molecule has 3 N–H and O–H groups in total. The molecule has 0 spiro atoms. The first-order chi connectivity index (χ1) is 8.58. The highest BCUT2D eigenvalue weighted by molar-refractivity contribution is 9.11.